The van der Waals surface area contributed by atoms with E-state index >= 15 is 0 Å². The van der Waals surface area contributed by atoms with Crippen LogP contribution in [-0.2, 0) is 19.1 Å². The average molecular weight is 285 g/mol. The predicted octanol–water partition coefficient (Wildman–Crippen LogP) is 0.965. The summed E-state index contributed by atoms with van der Waals surface area (Å²) in [6, 6.07) is -1.00. The van der Waals surface area contributed by atoms with Crippen molar-refractivity contribution in [2.75, 3.05) is 26.4 Å². The molecular formula is C14H23NO5. The van der Waals surface area contributed by atoms with Crippen LogP contribution in [-0.4, -0.2) is 49.5 Å². The third kappa shape index (κ3) is 6.68. The van der Waals surface area contributed by atoms with Crippen LogP contribution >= 0.6 is 0 Å². The summed E-state index contributed by atoms with van der Waals surface area (Å²) in [7, 11) is 0. The van der Waals surface area contributed by atoms with Crippen molar-refractivity contribution in [3.8, 4) is 0 Å². The molecule has 1 rings (SSSR count). The molecule has 0 radical (unpaired) electrons. The topological polar surface area (TPSA) is 84.9 Å². The second-order valence-electron chi connectivity index (χ2n) is 4.88. The molecule has 1 atom stereocenters. The fraction of sp³-hybridized carbons (Fsp3) is 0.714. The van der Waals surface area contributed by atoms with E-state index in [1.54, 1.807) is 0 Å². The summed E-state index contributed by atoms with van der Waals surface area (Å²) in [6.45, 7) is 5.19. The minimum absolute atomic E-state index is 0.0512. The molecule has 20 heavy (non-hydrogen) atoms. The number of carbonyl (C=O) groups is 2. The maximum absolute atomic E-state index is 11.8. The predicted molar refractivity (Wildman–Crippen MR) is 73.4 cm³/mol. The summed E-state index contributed by atoms with van der Waals surface area (Å²) in [5.41, 5.74) is 0. The van der Waals surface area contributed by atoms with Gasteiger partial charge >= 0.3 is 5.97 Å². The van der Waals surface area contributed by atoms with E-state index in [-0.39, 0.29) is 19.1 Å². The zero-order valence-corrected chi connectivity index (χ0v) is 11.7. The van der Waals surface area contributed by atoms with Gasteiger partial charge in [0.15, 0.2) is 6.04 Å². The van der Waals surface area contributed by atoms with E-state index in [1.165, 1.54) is 6.08 Å². The summed E-state index contributed by atoms with van der Waals surface area (Å²) in [4.78, 5) is 22.7. The second-order valence-corrected chi connectivity index (χ2v) is 4.88. The molecule has 0 bridgehead atoms. The number of carboxylic acid groups (broad SMARTS) is 1. The molecule has 0 saturated carbocycles. The monoisotopic (exact) mass is 285 g/mol. The van der Waals surface area contributed by atoms with E-state index in [0.717, 1.165) is 32.5 Å². The molecule has 0 aromatic rings. The van der Waals surface area contributed by atoms with Crippen LogP contribution in [0.3, 0.4) is 0 Å². The van der Waals surface area contributed by atoms with Gasteiger partial charge in [-0.25, -0.2) is 4.79 Å². The average Bonchev–Trinajstić information content (AvgIpc) is 2.45. The molecule has 1 fully saturated rings. The number of hydrogen-bond donors (Lipinski definition) is 2. The van der Waals surface area contributed by atoms with E-state index in [0.29, 0.717) is 12.3 Å². The number of nitrogens with one attached hydrogen (secondary N) is 1. The van der Waals surface area contributed by atoms with Crippen LogP contribution in [0.15, 0.2) is 12.7 Å². The lowest BCUT2D eigenvalue weighted by molar-refractivity contribution is -0.143. The van der Waals surface area contributed by atoms with Gasteiger partial charge in [0.05, 0.1) is 13.2 Å². The zero-order valence-electron chi connectivity index (χ0n) is 11.7. The number of aliphatic carboxylic acids is 1. The highest BCUT2D eigenvalue weighted by molar-refractivity contribution is 5.83. The van der Waals surface area contributed by atoms with E-state index in [9.17, 15) is 9.59 Å². The van der Waals surface area contributed by atoms with Crippen LogP contribution in [0, 0.1) is 5.92 Å². The van der Waals surface area contributed by atoms with Crippen molar-refractivity contribution in [3.05, 3.63) is 12.7 Å². The highest BCUT2D eigenvalue weighted by Gasteiger charge is 2.21. The standard InChI is InChI=1S/C14H23NO5/c1-2-7-20-10-12(14(17)18)15-13(16)4-3-11-5-8-19-9-6-11/h2,11-12H,1,3-10H2,(H,15,16)(H,17,18). The SMILES string of the molecule is C=CCOCC(NC(=O)CCC1CCOCC1)C(=O)O. The molecule has 0 aromatic carbocycles. The van der Waals surface area contributed by atoms with Gasteiger partial charge in [-0.1, -0.05) is 6.08 Å². The van der Waals surface area contributed by atoms with Crippen LogP contribution in [0.25, 0.3) is 0 Å². The summed E-state index contributed by atoms with van der Waals surface area (Å²) in [5.74, 6) is -0.839. The van der Waals surface area contributed by atoms with Crippen LogP contribution in [0.5, 0.6) is 0 Å². The van der Waals surface area contributed by atoms with Gasteiger partial charge < -0.3 is 19.9 Å². The number of carboxylic acids is 1. The zero-order chi connectivity index (χ0) is 14.8. The number of hydrogen-bond acceptors (Lipinski definition) is 4. The number of ether oxygens (including phenoxy) is 2. The lowest BCUT2D eigenvalue weighted by atomic mass is 9.95. The molecule has 0 spiro atoms. The molecule has 6 heteroatoms. The van der Waals surface area contributed by atoms with Crippen molar-refractivity contribution in [1.29, 1.82) is 0 Å². The van der Waals surface area contributed by atoms with Crippen LogP contribution < -0.4 is 5.32 Å². The van der Waals surface area contributed by atoms with Crippen molar-refractivity contribution in [1.82, 2.24) is 5.32 Å². The number of amides is 1. The van der Waals surface area contributed by atoms with Gasteiger partial charge in [0.25, 0.3) is 0 Å². The van der Waals surface area contributed by atoms with Crippen molar-refractivity contribution in [2.45, 2.75) is 31.7 Å². The third-order valence-electron chi connectivity index (χ3n) is 3.27. The molecule has 2 N–H and O–H groups in total. The molecule has 1 heterocycles. The largest absolute Gasteiger partial charge is 0.480 e. The first kappa shape index (κ1) is 16.7. The Morgan fingerprint density at radius 3 is 2.75 bits per heavy atom. The first-order valence-corrected chi connectivity index (χ1v) is 6.92. The summed E-state index contributed by atoms with van der Waals surface area (Å²) >= 11 is 0. The molecule has 1 saturated heterocycles. The number of rotatable bonds is 9. The van der Waals surface area contributed by atoms with Gasteiger partial charge in [-0.2, -0.15) is 0 Å². The van der Waals surface area contributed by atoms with E-state index in [1.807, 2.05) is 0 Å². The minimum atomic E-state index is -1.09. The maximum Gasteiger partial charge on any atom is 0.328 e. The number of carbonyl (C=O) groups excluding carboxylic acids is 1. The smallest absolute Gasteiger partial charge is 0.328 e. The highest BCUT2D eigenvalue weighted by Crippen LogP contribution is 2.19. The van der Waals surface area contributed by atoms with Gasteiger partial charge in [0.1, 0.15) is 0 Å². The summed E-state index contributed by atoms with van der Waals surface area (Å²) in [6.07, 6.45) is 4.59. The van der Waals surface area contributed by atoms with Crippen molar-refractivity contribution in [3.63, 3.8) is 0 Å². The summed E-state index contributed by atoms with van der Waals surface area (Å²) in [5, 5.41) is 11.5. The lowest BCUT2D eigenvalue weighted by Gasteiger charge is -2.22. The molecule has 0 aliphatic carbocycles. The van der Waals surface area contributed by atoms with Gasteiger partial charge in [-0.3, -0.25) is 4.79 Å². The molecule has 1 aliphatic rings. The van der Waals surface area contributed by atoms with Gasteiger partial charge in [0, 0.05) is 19.6 Å². The Morgan fingerprint density at radius 1 is 1.45 bits per heavy atom. The van der Waals surface area contributed by atoms with Crippen LogP contribution in [0.1, 0.15) is 25.7 Å². The molecular weight excluding hydrogens is 262 g/mol. The highest BCUT2D eigenvalue weighted by atomic mass is 16.5. The van der Waals surface area contributed by atoms with E-state index in [4.69, 9.17) is 14.6 Å². The minimum Gasteiger partial charge on any atom is -0.480 e. The van der Waals surface area contributed by atoms with Gasteiger partial charge in [-0.05, 0) is 25.2 Å². The first-order chi connectivity index (χ1) is 9.63. The van der Waals surface area contributed by atoms with Gasteiger partial charge in [0.2, 0.25) is 5.91 Å². The van der Waals surface area contributed by atoms with E-state index < -0.39 is 12.0 Å². The fourth-order valence-corrected chi connectivity index (χ4v) is 2.08. The Labute approximate surface area is 119 Å². The molecule has 6 nitrogen and oxygen atoms in total. The second kappa shape index (κ2) is 9.50. The van der Waals surface area contributed by atoms with E-state index in [2.05, 4.69) is 11.9 Å². The Balaban J connectivity index is 2.25. The molecule has 1 aliphatic heterocycles. The van der Waals surface area contributed by atoms with Crippen molar-refractivity contribution in [2.24, 2.45) is 5.92 Å². The first-order valence-electron chi connectivity index (χ1n) is 6.92. The molecule has 114 valence electrons. The fourth-order valence-electron chi connectivity index (χ4n) is 2.08. The van der Waals surface area contributed by atoms with Gasteiger partial charge in [-0.15, -0.1) is 6.58 Å². The Kier molecular flexibility index (Phi) is 7.91. The Bertz CT molecular complexity index is 326. The molecule has 0 aromatic heterocycles. The van der Waals surface area contributed by atoms with Crippen LogP contribution in [0.2, 0.25) is 0 Å². The quantitative estimate of drug-likeness (QED) is 0.487. The maximum atomic E-state index is 11.8. The normalized spacial score (nSPS) is 17.4. The summed E-state index contributed by atoms with van der Waals surface area (Å²) < 4.78 is 10.3. The van der Waals surface area contributed by atoms with Crippen molar-refractivity contribution >= 4 is 11.9 Å². The molecule has 1 amide bonds. The Morgan fingerprint density at radius 2 is 2.15 bits per heavy atom. The Hall–Kier alpha value is -1.40. The van der Waals surface area contributed by atoms with Crippen molar-refractivity contribution < 1.29 is 24.2 Å². The molecule has 1 unspecified atom stereocenters. The lowest BCUT2D eigenvalue weighted by Crippen LogP contribution is -2.44. The van der Waals surface area contributed by atoms with Crippen LogP contribution in [0.4, 0.5) is 0 Å². The third-order valence-corrected chi connectivity index (χ3v) is 3.27.